The summed E-state index contributed by atoms with van der Waals surface area (Å²) in [5, 5.41) is 8.40. The van der Waals surface area contributed by atoms with Crippen LogP contribution < -0.4 is 10.2 Å². The van der Waals surface area contributed by atoms with Crippen molar-refractivity contribution in [2.45, 2.75) is 26.3 Å². The van der Waals surface area contributed by atoms with Crippen molar-refractivity contribution in [3.63, 3.8) is 0 Å². The molecule has 10 heteroatoms. The molecule has 1 N–H and O–H groups in total. The number of nitrogens with zero attached hydrogens (tertiary/aromatic N) is 6. The van der Waals surface area contributed by atoms with E-state index in [1.165, 1.54) is 12.4 Å². The molecule has 8 nitrogen and oxygen atoms in total. The van der Waals surface area contributed by atoms with Gasteiger partial charge in [-0.15, -0.1) is 16.4 Å². The van der Waals surface area contributed by atoms with Crippen molar-refractivity contribution in [3.8, 4) is 5.69 Å². The van der Waals surface area contributed by atoms with Crippen LogP contribution in [-0.2, 0) is 11.3 Å². The highest BCUT2D eigenvalue weighted by molar-refractivity contribution is 7.16. The highest BCUT2D eigenvalue weighted by Crippen LogP contribution is 2.28. The molecule has 0 bridgehead atoms. The number of nitrogens with one attached hydrogen (secondary N) is 1. The summed E-state index contributed by atoms with van der Waals surface area (Å²) in [6.45, 7) is 3.55. The first-order chi connectivity index (χ1) is 17.5. The van der Waals surface area contributed by atoms with E-state index in [0.717, 1.165) is 46.4 Å². The molecule has 0 spiro atoms. The molecule has 1 aliphatic heterocycles. The average Bonchev–Trinajstić information content (AvgIpc) is 3.55. The number of anilines is 1. The van der Waals surface area contributed by atoms with E-state index in [0.29, 0.717) is 30.0 Å². The molecule has 3 aromatic heterocycles. The number of rotatable bonds is 5. The number of aryl methyl sites for hydroxylation is 1. The molecule has 4 heterocycles. The third kappa shape index (κ3) is 4.28. The monoisotopic (exact) mass is 501 g/mol. The summed E-state index contributed by atoms with van der Waals surface area (Å²) in [7, 11) is 0. The lowest BCUT2D eigenvalue weighted by Gasteiger charge is -2.33. The Hall–Kier alpha value is -3.92. The van der Waals surface area contributed by atoms with Crippen molar-refractivity contribution in [2.75, 3.05) is 18.0 Å². The lowest BCUT2D eigenvalue weighted by molar-refractivity contribution is -0.125. The Morgan fingerprint density at radius 2 is 2.11 bits per heavy atom. The third-order valence-corrected chi connectivity index (χ3v) is 7.48. The van der Waals surface area contributed by atoms with Crippen molar-refractivity contribution in [1.82, 2.24) is 30.0 Å². The van der Waals surface area contributed by atoms with Crippen molar-refractivity contribution in [3.05, 3.63) is 71.4 Å². The predicted molar refractivity (Wildman–Crippen MR) is 138 cm³/mol. The number of thiazole rings is 1. The number of amides is 1. The molecule has 36 heavy (non-hydrogen) atoms. The highest BCUT2D eigenvalue weighted by atomic mass is 32.1. The van der Waals surface area contributed by atoms with Gasteiger partial charge in [-0.25, -0.2) is 24.0 Å². The second kappa shape index (κ2) is 9.27. The van der Waals surface area contributed by atoms with Crippen LogP contribution in [-0.4, -0.2) is 43.7 Å². The fraction of sp³-hybridized carbons (Fsp3) is 0.269. The van der Waals surface area contributed by atoms with Crippen LogP contribution in [0.25, 0.3) is 26.9 Å². The Labute approximate surface area is 210 Å². The molecule has 0 aliphatic carbocycles. The normalized spacial score (nSPS) is 16.1. The largest absolute Gasteiger partial charge is 0.355 e. The van der Waals surface area contributed by atoms with Gasteiger partial charge in [0.25, 0.3) is 0 Å². The zero-order valence-corrected chi connectivity index (χ0v) is 20.5. The van der Waals surface area contributed by atoms with Crippen molar-refractivity contribution < 1.29 is 9.18 Å². The number of halogens is 1. The Balaban J connectivity index is 1.19. The van der Waals surface area contributed by atoms with Gasteiger partial charge in [-0.2, -0.15) is 0 Å². The van der Waals surface area contributed by atoms with Gasteiger partial charge in [-0.3, -0.25) is 4.79 Å². The van der Waals surface area contributed by atoms with E-state index in [1.54, 1.807) is 29.0 Å². The van der Waals surface area contributed by atoms with Gasteiger partial charge in [0.05, 0.1) is 32.7 Å². The summed E-state index contributed by atoms with van der Waals surface area (Å²) < 4.78 is 16.9. The van der Waals surface area contributed by atoms with Crippen LogP contribution >= 0.6 is 11.3 Å². The summed E-state index contributed by atoms with van der Waals surface area (Å²) in [5.74, 6) is 0.349. The quantitative estimate of drug-likeness (QED) is 0.384. The van der Waals surface area contributed by atoms with Crippen LogP contribution in [0.4, 0.5) is 10.2 Å². The number of benzene rings is 2. The zero-order chi connectivity index (χ0) is 24.6. The first-order valence-electron chi connectivity index (χ1n) is 11.9. The fourth-order valence-corrected chi connectivity index (χ4v) is 5.32. The van der Waals surface area contributed by atoms with Gasteiger partial charge < -0.3 is 10.2 Å². The lowest BCUT2D eigenvalue weighted by atomic mass is 9.97. The van der Waals surface area contributed by atoms with Crippen LogP contribution in [0.2, 0.25) is 0 Å². The van der Waals surface area contributed by atoms with Crippen molar-refractivity contribution in [2.24, 2.45) is 5.92 Å². The molecule has 0 radical (unpaired) electrons. The maximum Gasteiger partial charge on any atom is 0.225 e. The smallest absolute Gasteiger partial charge is 0.225 e. The topological polar surface area (TPSA) is 88.8 Å². The number of hydrogen-bond donors (Lipinski definition) is 1. The number of hydrogen-bond acceptors (Lipinski definition) is 7. The molecular weight excluding hydrogens is 477 g/mol. The number of carbonyl (C=O) groups excluding carboxylic acids is 1. The predicted octanol–water partition coefficient (Wildman–Crippen LogP) is 4.41. The van der Waals surface area contributed by atoms with Crippen LogP contribution in [0.1, 0.15) is 24.0 Å². The molecule has 5 aromatic rings. The fourth-order valence-electron chi connectivity index (χ4n) is 4.66. The molecule has 2 aromatic carbocycles. The van der Waals surface area contributed by atoms with Gasteiger partial charge in [0.15, 0.2) is 5.65 Å². The molecule has 0 unspecified atom stereocenters. The van der Waals surface area contributed by atoms with Crippen LogP contribution in [0.15, 0.2) is 54.4 Å². The second-order valence-corrected chi connectivity index (χ2v) is 9.99. The minimum atomic E-state index is -0.283. The van der Waals surface area contributed by atoms with Gasteiger partial charge in [-0.1, -0.05) is 12.1 Å². The molecule has 1 amide bonds. The van der Waals surface area contributed by atoms with Gasteiger partial charge in [0, 0.05) is 25.8 Å². The van der Waals surface area contributed by atoms with E-state index in [4.69, 9.17) is 0 Å². The Morgan fingerprint density at radius 3 is 3.00 bits per heavy atom. The Kier molecular flexibility index (Phi) is 5.80. The second-order valence-electron chi connectivity index (χ2n) is 9.10. The van der Waals surface area contributed by atoms with Gasteiger partial charge in [0.1, 0.15) is 18.0 Å². The first-order valence-corrected chi connectivity index (χ1v) is 12.7. The molecule has 0 saturated carbocycles. The van der Waals surface area contributed by atoms with Crippen LogP contribution in [0.3, 0.4) is 0 Å². The maximum atomic E-state index is 14.1. The standard InChI is InChI=1S/C26H24FN7OS/c1-16-4-6-19(10-21(16)27)34-13-20-24(32-34)29-14-30-25(20)33-8-2-3-18(12-33)26(35)28-11-17-5-7-23-22(9-17)31-15-36-23/h4-7,9-10,13-15,18H,2-3,8,11-12H2,1H3,(H,28,35)/t18-/m0/s1. The molecular formula is C26H24FN7OS. The van der Waals surface area contributed by atoms with E-state index in [2.05, 4.69) is 30.3 Å². The average molecular weight is 502 g/mol. The molecule has 1 saturated heterocycles. The number of piperidine rings is 1. The van der Waals surface area contributed by atoms with Gasteiger partial charge in [-0.05, 0) is 55.2 Å². The van der Waals surface area contributed by atoms with E-state index >= 15 is 0 Å². The summed E-state index contributed by atoms with van der Waals surface area (Å²) >= 11 is 1.61. The van der Waals surface area contributed by atoms with E-state index in [1.807, 2.05) is 36.0 Å². The first kappa shape index (κ1) is 22.5. The number of aromatic nitrogens is 5. The van der Waals surface area contributed by atoms with E-state index in [9.17, 15) is 9.18 Å². The minimum absolute atomic E-state index is 0.0363. The van der Waals surface area contributed by atoms with Gasteiger partial charge >= 0.3 is 0 Å². The molecule has 182 valence electrons. The van der Waals surface area contributed by atoms with E-state index in [-0.39, 0.29) is 17.6 Å². The summed E-state index contributed by atoms with van der Waals surface area (Å²) in [6.07, 6.45) is 5.02. The third-order valence-electron chi connectivity index (χ3n) is 6.67. The molecule has 1 aliphatic rings. The summed E-state index contributed by atoms with van der Waals surface area (Å²) in [5.41, 5.74) is 5.55. The maximum absolute atomic E-state index is 14.1. The summed E-state index contributed by atoms with van der Waals surface area (Å²) in [6, 6.07) is 11.1. The molecule has 6 rings (SSSR count). The Bertz CT molecular complexity index is 1580. The van der Waals surface area contributed by atoms with Crippen molar-refractivity contribution in [1.29, 1.82) is 0 Å². The van der Waals surface area contributed by atoms with Crippen LogP contribution in [0, 0.1) is 18.7 Å². The highest BCUT2D eigenvalue weighted by Gasteiger charge is 2.28. The number of carbonyl (C=O) groups is 1. The number of fused-ring (bicyclic) bond motifs is 2. The Morgan fingerprint density at radius 1 is 1.19 bits per heavy atom. The summed E-state index contributed by atoms with van der Waals surface area (Å²) in [4.78, 5) is 28.4. The van der Waals surface area contributed by atoms with Gasteiger partial charge in [0.2, 0.25) is 5.91 Å². The minimum Gasteiger partial charge on any atom is -0.355 e. The van der Waals surface area contributed by atoms with E-state index < -0.39 is 0 Å². The molecule has 1 atom stereocenters. The van der Waals surface area contributed by atoms with Crippen LogP contribution in [0.5, 0.6) is 0 Å². The lowest BCUT2D eigenvalue weighted by Crippen LogP contribution is -2.43. The van der Waals surface area contributed by atoms with Crippen molar-refractivity contribution >= 4 is 44.3 Å². The SMILES string of the molecule is Cc1ccc(-n2cc3c(N4CCC[C@H](C(=O)NCc5ccc6scnc6c5)C4)ncnc3n2)cc1F. The molecule has 1 fully saturated rings. The zero-order valence-electron chi connectivity index (χ0n) is 19.7.